The van der Waals surface area contributed by atoms with Crippen LogP contribution in [0.25, 0.3) is 0 Å². The van der Waals surface area contributed by atoms with Crippen molar-refractivity contribution in [2.24, 2.45) is 0 Å². The molecule has 0 bridgehead atoms. The van der Waals surface area contributed by atoms with Crippen molar-refractivity contribution in [1.82, 2.24) is 5.32 Å². The van der Waals surface area contributed by atoms with E-state index in [1.54, 1.807) is 14.2 Å². The van der Waals surface area contributed by atoms with Crippen molar-refractivity contribution in [3.63, 3.8) is 0 Å². The maximum Gasteiger partial charge on any atom is 0.122 e. The minimum Gasteiger partial charge on any atom is -0.496 e. The molecule has 1 aliphatic carbocycles. The van der Waals surface area contributed by atoms with Gasteiger partial charge >= 0.3 is 0 Å². The number of aliphatic hydroxyl groups excluding tert-OH is 2. The van der Waals surface area contributed by atoms with Crippen LogP contribution in [0.5, 0.6) is 11.5 Å². The second-order valence-electron chi connectivity index (χ2n) is 5.04. The highest BCUT2D eigenvalue weighted by atomic mass is 35.5. The molecular formula is C15H24ClNO4. The Hall–Kier alpha value is -1.01. The van der Waals surface area contributed by atoms with E-state index in [1.165, 1.54) is 0 Å². The first-order valence-corrected chi connectivity index (χ1v) is 6.96. The van der Waals surface area contributed by atoms with E-state index in [-0.39, 0.29) is 25.1 Å². The summed E-state index contributed by atoms with van der Waals surface area (Å²) in [5.41, 5.74) is 2.12. The van der Waals surface area contributed by atoms with Gasteiger partial charge in [0.15, 0.2) is 0 Å². The maximum atomic E-state index is 10.3. The van der Waals surface area contributed by atoms with E-state index in [0.29, 0.717) is 25.8 Å². The molecule has 5 nitrogen and oxygen atoms in total. The molecule has 0 aromatic heterocycles. The summed E-state index contributed by atoms with van der Waals surface area (Å²) in [5, 5.41) is 22.4. The number of methoxy groups -OCH3 is 2. The Labute approximate surface area is 131 Å². The van der Waals surface area contributed by atoms with Crippen molar-refractivity contribution in [2.45, 2.75) is 31.4 Å². The average molecular weight is 318 g/mol. The number of aliphatic hydroxyl groups is 2. The van der Waals surface area contributed by atoms with Crippen LogP contribution in [0.4, 0.5) is 0 Å². The number of nitrogens with one attached hydrogen (secondary N) is 1. The van der Waals surface area contributed by atoms with Crippen molar-refractivity contribution in [1.29, 1.82) is 0 Å². The molecule has 3 N–H and O–H groups in total. The van der Waals surface area contributed by atoms with Gasteiger partial charge in [-0.15, -0.1) is 12.4 Å². The van der Waals surface area contributed by atoms with Gasteiger partial charge in [-0.1, -0.05) is 0 Å². The molecule has 2 atom stereocenters. The Balaban J connectivity index is 0.00000220. The first kappa shape index (κ1) is 18.0. The molecule has 0 spiro atoms. The third-order valence-corrected chi connectivity index (χ3v) is 3.83. The summed E-state index contributed by atoms with van der Waals surface area (Å²) >= 11 is 0. The largest absolute Gasteiger partial charge is 0.496 e. The van der Waals surface area contributed by atoms with Gasteiger partial charge in [0, 0.05) is 30.2 Å². The first-order chi connectivity index (χ1) is 9.71. The summed E-state index contributed by atoms with van der Waals surface area (Å²) in [6.07, 6.45) is 1.47. The standard InChI is InChI=1S/C15H23NO4.ClH/c1-19-14-4-5-15(20-2)11-9-13(18)12(8-10(11)14)16-6-3-7-17;/h4-5,12-13,16-18H,3,6-9H2,1-2H3;1H. The topological polar surface area (TPSA) is 71.0 Å². The molecule has 0 saturated heterocycles. The van der Waals surface area contributed by atoms with E-state index >= 15 is 0 Å². The zero-order valence-corrected chi connectivity index (χ0v) is 13.3. The molecule has 0 fully saturated rings. The Morgan fingerprint density at radius 2 is 1.71 bits per heavy atom. The average Bonchev–Trinajstić information content (AvgIpc) is 2.47. The number of ether oxygens (including phenoxy) is 2. The minimum atomic E-state index is -0.456. The lowest BCUT2D eigenvalue weighted by Crippen LogP contribution is -2.46. The minimum absolute atomic E-state index is 0. The summed E-state index contributed by atoms with van der Waals surface area (Å²) in [6, 6.07) is 3.76. The molecular weight excluding hydrogens is 294 g/mol. The maximum absolute atomic E-state index is 10.3. The van der Waals surface area contributed by atoms with Crippen LogP contribution in [0.15, 0.2) is 12.1 Å². The van der Waals surface area contributed by atoms with E-state index in [2.05, 4.69) is 5.32 Å². The van der Waals surface area contributed by atoms with E-state index in [1.807, 2.05) is 12.1 Å². The van der Waals surface area contributed by atoms with Gasteiger partial charge in [-0.3, -0.25) is 0 Å². The van der Waals surface area contributed by atoms with Crippen LogP contribution in [0.3, 0.4) is 0 Å². The smallest absolute Gasteiger partial charge is 0.122 e. The molecule has 0 radical (unpaired) electrons. The summed E-state index contributed by atoms with van der Waals surface area (Å²) in [5.74, 6) is 1.63. The van der Waals surface area contributed by atoms with Crippen molar-refractivity contribution < 1.29 is 19.7 Å². The van der Waals surface area contributed by atoms with E-state index in [4.69, 9.17) is 14.6 Å². The van der Waals surface area contributed by atoms with Crippen molar-refractivity contribution in [3.8, 4) is 11.5 Å². The summed E-state index contributed by atoms with van der Waals surface area (Å²) in [4.78, 5) is 0. The quantitative estimate of drug-likeness (QED) is 0.681. The van der Waals surface area contributed by atoms with Crippen molar-refractivity contribution >= 4 is 12.4 Å². The number of fused-ring (bicyclic) bond motifs is 1. The summed E-state index contributed by atoms with van der Waals surface area (Å²) in [6.45, 7) is 0.851. The fraction of sp³-hybridized carbons (Fsp3) is 0.600. The zero-order valence-electron chi connectivity index (χ0n) is 12.5. The number of hydrogen-bond acceptors (Lipinski definition) is 5. The normalized spacial score (nSPS) is 20.4. The Bertz CT molecular complexity index is 456. The van der Waals surface area contributed by atoms with Crippen molar-refractivity contribution in [2.75, 3.05) is 27.4 Å². The second kappa shape index (κ2) is 8.44. The zero-order chi connectivity index (χ0) is 14.5. The molecule has 1 aromatic rings. The van der Waals surface area contributed by atoms with Gasteiger partial charge in [0.05, 0.1) is 20.3 Å². The van der Waals surface area contributed by atoms with Crippen LogP contribution in [0.2, 0.25) is 0 Å². The van der Waals surface area contributed by atoms with Gasteiger partial charge in [-0.05, 0) is 31.5 Å². The molecule has 21 heavy (non-hydrogen) atoms. The third kappa shape index (κ3) is 4.01. The van der Waals surface area contributed by atoms with E-state index < -0.39 is 6.10 Å². The number of benzene rings is 1. The van der Waals surface area contributed by atoms with Gasteiger partial charge in [0.1, 0.15) is 11.5 Å². The van der Waals surface area contributed by atoms with Crippen LogP contribution in [-0.4, -0.2) is 49.7 Å². The molecule has 1 aliphatic rings. The Morgan fingerprint density at radius 1 is 1.14 bits per heavy atom. The SMILES string of the molecule is COc1ccc(OC)c2c1CC(O)C(NCCCO)C2.Cl. The lowest BCUT2D eigenvalue weighted by atomic mass is 9.85. The van der Waals surface area contributed by atoms with Crippen LogP contribution in [0, 0.1) is 0 Å². The number of hydrogen-bond donors (Lipinski definition) is 3. The van der Waals surface area contributed by atoms with E-state index in [9.17, 15) is 5.11 Å². The van der Waals surface area contributed by atoms with Crippen molar-refractivity contribution in [3.05, 3.63) is 23.3 Å². The highest BCUT2D eigenvalue weighted by Crippen LogP contribution is 2.36. The first-order valence-electron chi connectivity index (χ1n) is 6.96. The van der Waals surface area contributed by atoms with Crippen LogP contribution < -0.4 is 14.8 Å². The molecule has 0 aliphatic heterocycles. The monoisotopic (exact) mass is 317 g/mol. The van der Waals surface area contributed by atoms with Crippen LogP contribution in [0.1, 0.15) is 17.5 Å². The third-order valence-electron chi connectivity index (χ3n) is 3.83. The van der Waals surface area contributed by atoms with Gasteiger partial charge in [0.2, 0.25) is 0 Å². The van der Waals surface area contributed by atoms with Gasteiger partial charge in [-0.25, -0.2) is 0 Å². The second-order valence-corrected chi connectivity index (χ2v) is 5.04. The van der Waals surface area contributed by atoms with E-state index in [0.717, 1.165) is 22.6 Å². The predicted octanol–water partition coefficient (Wildman–Crippen LogP) is 0.926. The number of rotatable bonds is 6. The van der Waals surface area contributed by atoms with Gasteiger partial charge in [-0.2, -0.15) is 0 Å². The summed E-state index contributed by atoms with van der Waals surface area (Å²) < 4.78 is 10.8. The Morgan fingerprint density at radius 3 is 2.24 bits per heavy atom. The molecule has 0 saturated carbocycles. The fourth-order valence-electron chi connectivity index (χ4n) is 2.76. The Kier molecular flexibility index (Phi) is 7.25. The van der Waals surface area contributed by atoms with Crippen LogP contribution in [-0.2, 0) is 12.8 Å². The lowest BCUT2D eigenvalue weighted by Gasteiger charge is -2.32. The molecule has 2 unspecified atom stereocenters. The molecule has 6 heteroatoms. The highest BCUT2D eigenvalue weighted by molar-refractivity contribution is 5.85. The van der Waals surface area contributed by atoms with Crippen LogP contribution >= 0.6 is 12.4 Å². The molecule has 120 valence electrons. The number of halogens is 1. The fourth-order valence-corrected chi connectivity index (χ4v) is 2.76. The predicted molar refractivity (Wildman–Crippen MR) is 83.7 cm³/mol. The molecule has 0 amide bonds. The molecule has 1 aromatic carbocycles. The molecule has 0 heterocycles. The summed E-state index contributed by atoms with van der Waals surface area (Å²) in [7, 11) is 3.29. The highest BCUT2D eigenvalue weighted by Gasteiger charge is 2.30. The van der Waals surface area contributed by atoms with Gasteiger partial charge in [0.25, 0.3) is 0 Å². The lowest BCUT2D eigenvalue weighted by molar-refractivity contribution is 0.116. The van der Waals surface area contributed by atoms with Gasteiger partial charge < -0.3 is 25.0 Å². The molecule has 2 rings (SSSR count).